The van der Waals surface area contributed by atoms with E-state index in [0.29, 0.717) is 18.9 Å². The molecule has 0 aromatic heterocycles. The van der Waals surface area contributed by atoms with Crippen LogP contribution in [-0.4, -0.2) is 22.2 Å². The molecule has 0 radical (unpaired) electrons. The van der Waals surface area contributed by atoms with E-state index >= 15 is 0 Å². The number of nitro groups is 1. The predicted octanol–water partition coefficient (Wildman–Crippen LogP) is 2.59. The number of nitrogens with one attached hydrogen (secondary N) is 1. The van der Waals surface area contributed by atoms with Crippen molar-refractivity contribution < 1.29 is 18.8 Å². The molecule has 1 aliphatic rings. The average molecular weight is 272 g/mol. The van der Waals surface area contributed by atoms with Crippen molar-refractivity contribution in [1.82, 2.24) is 0 Å². The van der Waals surface area contributed by atoms with Crippen LogP contribution >= 0.6 is 0 Å². The SMILES string of the molecule is O=[N+]([O-])c1ccc(F)c(F)c1NCC1(O)CCCC1. The predicted molar refractivity (Wildman–Crippen MR) is 64.9 cm³/mol. The summed E-state index contributed by atoms with van der Waals surface area (Å²) in [4.78, 5) is 9.99. The molecule has 19 heavy (non-hydrogen) atoms. The summed E-state index contributed by atoms with van der Waals surface area (Å²) in [6.45, 7) is -0.0335. The maximum absolute atomic E-state index is 13.6. The molecule has 2 rings (SSSR count). The monoisotopic (exact) mass is 272 g/mol. The van der Waals surface area contributed by atoms with Crippen molar-refractivity contribution in [2.75, 3.05) is 11.9 Å². The van der Waals surface area contributed by atoms with Gasteiger partial charge >= 0.3 is 0 Å². The minimum atomic E-state index is -1.30. The van der Waals surface area contributed by atoms with Crippen LogP contribution in [0.1, 0.15) is 25.7 Å². The lowest BCUT2D eigenvalue weighted by atomic mass is 10.0. The number of anilines is 1. The van der Waals surface area contributed by atoms with Crippen LogP contribution in [0.2, 0.25) is 0 Å². The zero-order valence-corrected chi connectivity index (χ0v) is 10.2. The Morgan fingerprint density at radius 3 is 2.58 bits per heavy atom. The largest absolute Gasteiger partial charge is 0.388 e. The van der Waals surface area contributed by atoms with Crippen LogP contribution in [0.5, 0.6) is 0 Å². The lowest BCUT2D eigenvalue weighted by Crippen LogP contribution is -2.33. The van der Waals surface area contributed by atoms with Gasteiger partial charge in [-0.2, -0.15) is 0 Å². The van der Waals surface area contributed by atoms with E-state index < -0.39 is 33.5 Å². The van der Waals surface area contributed by atoms with Crippen molar-refractivity contribution in [3.05, 3.63) is 33.9 Å². The van der Waals surface area contributed by atoms with Gasteiger partial charge in [-0.25, -0.2) is 8.78 Å². The first-order valence-corrected chi connectivity index (χ1v) is 6.02. The van der Waals surface area contributed by atoms with Gasteiger partial charge in [-0.05, 0) is 18.9 Å². The van der Waals surface area contributed by atoms with Crippen LogP contribution < -0.4 is 5.32 Å². The first-order valence-electron chi connectivity index (χ1n) is 6.02. The van der Waals surface area contributed by atoms with Gasteiger partial charge in [0.05, 0.1) is 10.5 Å². The quantitative estimate of drug-likeness (QED) is 0.652. The molecule has 1 aromatic carbocycles. The van der Waals surface area contributed by atoms with E-state index in [-0.39, 0.29) is 6.54 Å². The normalized spacial score (nSPS) is 17.4. The zero-order chi connectivity index (χ0) is 14.0. The highest BCUT2D eigenvalue weighted by atomic mass is 19.2. The Labute approximate surface area is 108 Å². The lowest BCUT2D eigenvalue weighted by molar-refractivity contribution is -0.384. The molecular formula is C12H14F2N2O3. The topological polar surface area (TPSA) is 75.4 Å². The summed E-state index contributed by atoms with van der Waals surface area (Å²) in [5, 5.41) is 23.3. The molecule has 0 atom stereocenters. The van der Waals surface area contributed by atoms with Crippen molar-refractivity contribution in [2.24, 2.45) is 0 Å². The maximum atomic E-state index is 13.6. The molecule has 1 fully saturated rings. The van der Waals surface area contributed by atoms with E-state index in [1.54, 1.807) is 0 Å². The highest BCUT2D eigenvalue weighted by molar-refractivity contribution is 5.62. The second-order valence-electron chi connectivity index (χ2n) is 4.80. The van der Waals surface area contributed by atoms with Crippen LogP contribution in [0.15, 0.2) is 12.1 Å². The van der Waals surface area contributed by atoms with Gasteiger partial charge in [-0.3, -0.25) is 10.1 Å². The summed E-state index contributed by atoms with van der Waals surface area (Å²) in [5.74, 6) is -2.46. The number of nitro benzene ring substituents is 1. The number of hydrogen-bond acceptors (Lipinski definition) is 4. The van der Waals surface area contributed by atoms with Gasteiger partial charge in [0.25, 0.3) is 5.69 Å². The average Bonchev–Trinajstić information content (AvgIpc) is 2.78. The van der Waals surface area contributed by atoms with E-state index in [4.69, 9.17) is 0 Å². The van der Waals surface area contributed by atoms with Gasteiger partial charge < -0.3 is 10.4 Å². The van der Waals surface area contributed by atoms with Crippen molar-refractivity contribution in [3.8, 4) is 0 Å². The Balaban J connectivity index is 2.23. The van der Waals surface area contributed by atoms with Crippen molar-refractivity contribution >= 4 is 11.4 Å². The van der Waals surface area contributed by atoms with Crippen molar-refractivity contribution in [1.29, 1.82) is 0 Å². The third-order valence-corrected chi connectivity index (χ3v) is 3.40. The first-order chi connectivity index (χ1) is 8.93. The Morgan fingerprint density at radius 2 is 2.00 bits per heavy atom. The van der Waals surface area contributed by atoms with Gasteiger partial charge in [-0.15, -0.1) is 0 Å². The third-order valence-electron chi connectivity index (χ3n) is 3.40. The van der Waals surface area contributed by atoms with Gasteiger partial charge in [-0.1, -0.05) is 12.8 Å². The van der Waals surface area contributed by atoms with E-state index in [1.165, 1.54) is 0 Å². The summed E-state index contributed by atoms with van der Waals surface area (Å²) in [6.07, 6.45) is 2.80. The van der Waals surface area contributed by atoms with Crippen LogP contribution in [0.4, 0.5) is 20.2 Å². The molecule has 0 aliphatic heterocycles. The Bertz CT molecular complexity index is 502. The molecule has 7 heteroatoms. The third kappa shape index (κ3) is 2.81. The highest BCUT2D eigenvalue weighted by Gasteiger charge is 2.32. The number of aliphatic hydroxyl groups is 1. The van der Waals surface area contributed by atoms with Gasteiger partial charge in [0.1, 0.15) is 0 Å². The smallest absolute Gasteiger partial charge is 0.295 e. The van der Waals surface area contributed by atoms with Gasteiger partial charge in [0, 0.05) is 12.6 Å². The molecule has 104 valence electrons. The van der Waals surface area contributed by atoms with Crippen LogP contribution in [0.25, 0.3) is 0 Å². The van der Waals surface area contributed by atoms with Crippen molar-refractivity contribution in [2.45, 2.75) is 31.3 Å². The minimum absolute atomic E-state index is 0.0335. The molecule has 0 amide bonds. The molecule has 0 unspecified atom stereocenters. The molecule has 1 aromatic rings. The standard InChI is InChI=1S/C12H14F2N2O3/c13-8-3-4-9(16(18)19)11(10(8)14)15-7-12(17)5-1-2-6-12/h3-4,15,17H,1-2,5-7H2. The van der Waals surface area contributed by atoms with Crippen LogP contribution in [0, 0.1) is 21.7 Å². The highest BCUT2D eigenvalue weighted by Crippen LogP contribution is 2.33. The number of nitrogens with zero attached hydrogens (tertiary/aromatic N) is 1. The molecule has 0 spiro atoms. The summed E-state index contributed by atoms with van der Waals surface area (Å²) in [6, 6.07) is 1.61. The second kappa shape index (κ2) is 5.08. The summed E-state index contributed by atoms with van der Waals surface area (Å²) in [7, 11) is 0. The number of hydrogen-bond donors (Lipinski definition) is 2. The molecule has 1 saturated carbocycles. The van der Waals surface area contributed by atoms with E-state index in [0.717, 1.165) is 18.9 Å². The van der Waals surface area contributed by atoms with Crippen molar-refractivity contribution in [3.63, 3.8) is 0 Å². The molecule has 1 aliphatic carbocycles. The summed E-state index contributed by atoms with van der Waals surface area (Å²) >= 11 is 0. The molecular weight excluding hydrogens is 258 g/mol. The minimum Gasteiger partial charge on any atom is -0.388 e. The van der Waals surface area contributed by atoms with E-state index in [1.807, 2.05) is 0 Å². The molecule has 0 saturated heterocycles. The lowest BCUT2D eigenvalue weighted by Gasteiger charge is -2.23. The number of rotatable bonds is 4. The Morgan fingerprint density at radius 1 is 1.37 bits per heavy atom. The fourth-order valence-corrected chi connectivity index (χ4v) is 2.32. The van der Waals surface area contributed by atoms with Gasteiger partial charge in [0.2, 0.25) is 0 Å². The van der Waals surface area contributed by atoms with Crippen LogP contribution in [0.3, 0.4) is 0 Å². The number of benzene rings is 1. The Kier molecular flexibility index (Phi) is 3.66. The van der Waals surface area contributed by atoms with E-state index in [9.17, 15) is 24.0 Å². The maximum Gasteiger partial charge on any atom is 0.295 e. The molecule has 5 nitrogen and oxygen atoms in total. The zero-order valence-electron chi connectivity index (χ0n) is 10.2. The van der Waals surface area contributed by atoms with Crippen LogP contribution in [-0.2, 0) is 0 Å². The summed E-state index contributed by atoms with van der Waals surface area (Å²) < 4.78 is 26.7. The fraction of sp³-hybridized carbons (Fsp3) is 0.500. The second-order valence-corrected chi connectivity index (χ2v) is 4.80. The summed E-state index contributed by atoms with van der Waals surface area (Å²) in [5.41, 5.74) is -2.06. The first kappa shape index (κ1) is 13.7. The van der Waals surface area contributed by atoms with Gasteiger partial charge in [0.15, 0.2) is 17.3 Å². The fourth-order valence-electron chi connectivity index (χ4n) is 2.32. The molecule has 0 bridgehead atoms. The Hall–Kier alpha value is -1.76. The molecule has 0 heterocycles. The number of halogens is 2. The van der Waals surface area contributed by atoms with E-state index in [2.05, 4.69) is 5.32 Å². The molecule has 2 N–H and O–H groups in total.